The number of aromatic nitrogens is 1. The van der Waals surface area contributed by atoms with Gasteiger partial charge in [-0.15, -0.1) is 0 Å². The first-order chi connectivity index (χ1) is 13.4. The molecule has 1 heterocycles. The van der Waals surface area contributed by atoms with Crippen LogP contribution in [0.5, 0.6) is 11.5 Å². The third-order valence-corrected chi connectivity index (χ3v) is 5.58. The molecule has 1 atom stereocenters. The number of primary amides is 1. The number of amides is 1. The van der Waals surface area contributed by atoms with Crippen molar-refractivity contribution in [3.05, 3.63) is 65.9 Å². The second kappa shape index (κ2) is 8.22. The summed E-state index contributed by atoms with van der Waals surface area (Å²) in [5.74, 6) is 0.692. The van der Waals surface area contributed by atoms with Gasteiger partial charge in [-0.2, -0.15) is 0 Å². The summed E-state index contributed by atoms with van der Waals surface area (Å²) in [5, 5.41) is 0.338. The molecule has 2 N–H and O–H groups in total. The van der Waals surface area contributed by atoms with Gasteiger partial charge >= 0.3 is 0 Å². The van der Waals surface area contributed by atoms with Gasteiger partial charge in [0.2, 0.25) is 5.91 Å². The molecule has 0 aliphatic rings. The lowest BCUT2D eigenvalue weighted by Gasteiger charge is -2.13. The van der Waals surface area contributed by atoms with E-state index in [0.29, 0.717) is 21.4 Å². The van der Waals surface area contributed by atoms with Gasteiger partial charge in [-0.1, -0.05) is 17.7 Å². The largest absolute Gasteiger partial charge is 0.497 e. The van der Waals surface area contributed by atoms with Crippen LogP contribution in [0.2, 0.25) is 0 Å². The van der Waals surface area contributed by atoms with Crippen LogP contribution in [0.4, 0.5) is 0 Å². The van der Waals surface area contributed by atoms with Gasteiger partial charge in [0.1, 0.15) is 27.3 Å². The molecule has 3 rings (SSSR count). The van der Waals surface area contributed by atoms with E-state index in [-0.39, 0.29) is 5.56 Å². The lowest BCUT2D eigenvalue weighted by atomic mass is 10.0. The molecule has 0 bridgehead atoms. The Morgan fingerprint density at radius 3 is 2.21 bits per heavy atom. The summed E-state index contributed by atoms with van der Waals surface area (Å²) < 4.78 is 23.9. The van der Waals surface area contributed by atoms with Crippen molar-refractivity contribution >= 4 is 16.7 Å². The quantitative estimate of drug-likeness (QED) is 0.690. The molecule has 7 heteroatoms. The van der Waals surface area contributed by atoms with Crippen LogP contribution in [0, 0.1) is 6.92 Å². The molecular formula is C21H20N2O4S. The molecule has 3 aromatic rings. The molecule has 0 radical (unpaired) electrons. The predicted molar refractivity (Wildman–Crippen MR) is 107 cm³/mol. The Balaban J connectivity index is 2.11. The minimum atomic E-state index is -1.55. The molecule has 1 unspecified atom stereocenters. The fraction of sp³-hybridized carbons (Fsp3) is 0.143. The van der Waals surface area contributed by atoms with Gasteiger partial charge in [0, 0.05) is 12.3 Å². The number of hydrogen-bond acceptors (Lipinski definition) is 5. The molecule has 1 aromatic heterocycles. The zero-order valence-corrected chi connectivity index (χ0v) is 16.6. The zero-order valence-electron chi connectivity index (χ0n) is 15.8. The van der Waals surface area contributed by atoms with Crippen LogP contribution in [0.1, 0.15) is 15.9 Å². The Morgan fingerprint density at radius 1 is 1.00 bits per heavy atom. The lowest BCUT2D eigenvalue weighted by molar-refractivity contribution is 0.1000. The van der Waals surface area contributed by atoms with Crippen LogP contribution >= 0.6 is 0 Å². The number of hydrogen-bond donors (Lipinski definition) is 1. The van der Waals surface area contributed by atoms with Crippen molar-refractivity contribution in [1.29, 1.82) is 0 Å². The Kier molecular flexibility index (Phi) is 5.75. The summed E-state index contributed by atoms with van der Waals surface area (Å²) in [6.07, 6.45) is 1.33. The maximum Gasteiger partial charge on any atom is 0.250 e. The van der Waals surface area contributed by atoms with Crippen molar-refractivity contribution in [1.82, 2.24) is 4.98 Å². The van der Waals surface area contributed by atoms with E-state index in [0.717, 1.165) is 16.7 Å². The van der Waals surface area contributed by atoms with E-state index < -0.39 is 16.7 Å². The second-order valence-electron chi connectivity index (χ2n) is 6.12. The zero-order chi connectivity index (χ0) is 20.3. The lowest BCUT2D eigenvalue weighted by Crippen LogP contribution is -2.11. The summed E-state index contributed by atoms with van der Waals surface area (Å²) in [5.41, 5.74) is 8.14. The predicted octanol–water partition coefficient (Wildman–Crippen LogP) is 3.34. The van der Waals surface area contributed by atoms with Gasteiger partial charge in [-0.3, -0.25) is 4.79 Å². The average molecular weight is 396 g/mol. The number of carbonyl (C=O) groups excluding carboxylic acids is 1. The van der Waals surface area contributed by atoms with Gasteiger partial charge < -0.3 is 15.2 Å². The van der Waals surface area contributed by atoms with Crippen LogP contribution < -0.4 is 15.2 Å². The first kappa shape index (κ1) is 19.6. The standard InChI is InChI=1S/C21H20N2O4S/c1-13-4-6-19(28(25)20-7-5-14(12-23-20)21(22)24)18(8-13)15-9-16(26-2)11-17(10-15)27-3/h4-12H,1-3H3,(H2,22,24). The van der Waals surface area contributed by atoms with Crippen LogP contribution in [-0.2, 0) is 10.8 Å². The first-order valence-electron chi connectivity index (χ1n) is 8.44. The van der Waals surface area contributed by atoms with Crippen LogP contribution in [-0.4, -0.2) is 29.3 Å². The van der Waals surface area contributed by atoms with Crippen molar-refractivity contribution in [2.75, 3.05) is 14.2 Å². The van der Waals surface area contributed by atoms with Crippen molar-refractivity contribution in [3.8, 4) is 22.6 Å². The minimum Gasteiger partial charge on any atom is -0.497 e. The van der Waals surface area contributed by atoms with Crippen molar-refractivity contribution in [2.24, 2.45) is 5.73 Å². The Morgan fingerprint density at radius 2 is 1.68 bits per heavy atom. The third kappa shape index (κ3) is 4.04. The normalized spacial score (nSPS) is 11.7. The van der Waals surface area contributed by atoms with Gasteiger partial charge in [-0.05, 0) is 48.4 Å². The number of nitrogens with zero attached hydrogens (tertiary/aromatic N) is 1. The summed E-state index contributed by atoms with van der Waals surface area (Å²) in [6.45, 7) is 1.97. The molecule has 6 nitrogen and oxygen atoms in total. The molecule has 0 spiro atoms. The summed E-state index contributed by atoms with van der Waals surface area (Å²) in [7, 11) is 1.61. The number of benzene rings is 2. The second-order valence-corrected chi connectivity index (χ2v) is 7.51. The Labute approximate surface area is 165 Å². The molecule has 0 saturated carbocycles. The highest BCUT2D eigenvalue weighted by Gasteiger charge is 2.17. The van der Waals surface area contributed by atoms with E-state index in [4.69, 9.17) is 15.2 Å². The molecule has 28 heavy (non-hydrogen) atoms. The third-order valence-electron chi connectivity index (χ3n) is 4.21. The maximum absolute atomic E-state index is 13.2. The van der Waals surface area contributed by atoms with E-state index in [9.17, 15) is 9.00 Å². The fourth-order valence-corrected chi connectivity index (χ4v) is 3.88. The van der Waals surface area contributed by atoms with E-state index >= 15 is 0 Å². The molecule has 0 fully saturated rings. The van der Waals surface area contributed by atoms with Crippen molar-refractivity contribution in [3.63, 3.8) is 0 Å². The molecule has 144 valence electrons. The number of ether oxygens (including phenoxy) is 2. The molecule has 0 saturated heterocycles. The highest BCUT2D eigenvalue weighted by atomic mass is 32.2. The maximum atomic E-state index is 13.2. The monoisotopic (exact) mass is 396 g/mol. The Hall–Kier alpha value is -3.19. The van der Waals surface area contributed by atoms with Crippen LogP contribution in [0.25, 0.3) is 11.1 Å². The molecule has 1 amide bonds. The van der Waals surface area contributed by atoms with Crippen LogP contribution in [0.15, 0.2) is 64.6 Å². The smallest absolute Gasteiger partial charge is 0.250 e. The average Bonchev–Trinajstić information content (AvgIpc) is 2.72. The molecular weight excluding hydrogens is 376 g/mol. The number of aryl methyl sites for hydroxylation is 1. The number of methoxy groups -OCH3 is 2. The van der Waals surface area contributed by atoms with Gasteiger partial charge in [0.15, 0.2) is 0 Å². The molecule has 0 aliphatic carbocycles. The van der Waals surface area contributed by atoms with Crippen molar-refractivity contribution in [2.45, 2.75) is 16.8 Å². The molecule has 2 aromatic carbocycles. The van der Waals surface area contributed by atoms with Gasteiger partial charge in [-0.25, -0.2) is 9.19 Å². The van der Waals surface area contributed by atoms with Crippen molar-refractivity contribution < 1.29 is 18.5 Å². The van der Waals surface area contributed by atoms with E-state index in [1.807, 2.05) is 37.3 Å². The minimum absolute atomic E-state index is 0.266. The molecule has 0 aliphatic heterocycles. The van der Waals surface area contributed by atoms with E-state index in [1.54, 1.807) is 26.4 Å². The van der Waals surface area contributed by atoms with Gasteiger partial charge in [0.25, 0.3) is 0 Å². The van der Waals surface area contributed by atoms with E-state index in [1.165, 1.54) is 12.3 Å². The fourth-order valence-electron chi connectivity index (χ4n) is 2.74. The summed E-state index contributed by atoms with van der Waals surface area (Å²) in [4.78, 5) is 16.0. The topological polar surface area (TPSA) is 91.5 Å². The Bertz CT molecular complexity index is 1030. The first-order valence-corrected chi connectivity index (χ1v) is 9.59. The summed E-state index contributed by atoms with van der Waals surface area (Å²) >= 11 is 0. The van der Waals surface area contributed by atoms with E-state index in [2.05, 4.69) is 4.98 Å². The SMILES string of the molecule is COc1cc(OC)cc(-c2cc(C)ccc2S(=O)c2ccc(C(N)=O)cn2)c1. The van der Waals surface area contributed by atoms with Crippen LogP contribution in [0.3, 0.4) is 0 Å². The number of pyridine rings is 1. The summed E-state index contributed by atoms with van der Waals surface area (Å²) in [6, 6.07) is 14.2. The highest BCUT2D eigenvalue weighted by Crippen LogP contribution is 2.34. The van der Waals surface area contributed by atoms with Gasteiger partial charge in [0.05, 0.1) is 24.7 Å². The number of nitrogens with two attached hydrogens (primary N) is 1. The number of rotatable bonds is 6. The number of carbonyl (C=O) groups is 1. The highest BCUT2D eigenvalue weighted by molar-refractivity contribution is 7.85.